The summed E-state index contributed by atoms with van der Waals surface area (Å²) < 4.78 is 0. The van der Waals surface area contributed by atoms with Crippen LogP contribution in [0.3, 0.4) is 0 Å². The lowest BCUT2D eigenvalue weighted by atomic mass is 10.0. The standard InChI is InChI=1S/C12H19NO4/c14-7-10-2-1-5-13(10)11(15)8-3-4-9(6-8)12(16)17/h8-10,14H,1-7H2,(H,16,17)/t8?,9?,10-/m1/s1. The summed E-state index contributed by atoms with van der Waals surface area (Å²) in [5, 5.41) is 18.1. The third kappa shape index (κ3) is 2.44. The van der Waals surface area contributed by atoms with Gasteiger partial charge in [0.15, 0.2) is 0 Å². The topological polar surface area (TPSA) is 77.8 Å². The van der Waals surface area contributed by atoms with Gasteiger partial charge < -0.3 is 15.1 Å². The summed E-state index contributed by atoms with van der Waals surface area (Å²) in [6, 6.07) is -0.0496. The van der Waals surface area contributed by atoms with E-state index in [1.165, 1.54) is 0 Å². The second-order valence-corrected chi connectivity index (χ2v) is 5.06. The molecule has 2 aliphatic rings. The van der Waals surface area contributed by atoms with Gasteiger partial charge in [0.05, 0.1) is 18.6 Å². The average molecular weight is 241 g/mol. The number of carbonyl (C=O) groups is 2. The van der Waals surface area contributed by atoms with Crippen LogP contribution < -0.4 is 0 Å². The van der Waals surface area contributed by atoms with Crippen LogP contribution >= 0.6 is 0 Å². The molecule has 1 saturated heterocycles. The van der Waals surface area contributed by atoms with Gasteiger partial charge in [0.25, 0.3) is 0 Å². The van der Waals surface area contributed by atoms with E-state index in [-0.39, 0.29) is 30.4 Å². The molecular formula is C12H19NO4. The molecular weight excluding hydrogens is 222 g/mol. The summed E-state index contributed by atoms with van der Waals surface area (Å²) in [5.41, 5.74) is 0. The number of hydrogen-bond donors (Lipinski definition) is 2. The average Bonchev–Trinajstić information content (AvgIpc) is 2.96. The fourth-order valence-corrected chi connectivity index (χ4v) is 2.98. The summed E-state index contributed by atoms with van der Waals surface area (Å²) in [6.45, 7) is 0.721. The normalized spacial score (nSPS) is 33.0. The van der Waals surface area contributed by atoms with Crippen LogP contribution in [0, 0.1) is 11.8 Å². The second kappa shape index (κ2) is 5.04. The highest BCUT2D eigenvalue weighted by molar-refractivity contribution is 5.81. The van der Waals surface area contributed by atoms with Crippen molar-refractivity contribution in [2.75, 3.05) is 13.2 Å². The second-order valence-electron chi connectivity index (χ2n) is 5.06. The molecule has 1 saturated carbocycles. The Bertz CT molecular complexity index is 318. The predicted octanol–water partition coefficient (Wildman–Crippen LogP) is 0.471. The number of carboxylic acid groups (broad SMARTS) is 1. The van der Waals surface area contributed by atoms with Crippen LogP contribution in [0.1, 0.15) is 32.1 Å². The maximum Gasteiger partial charge on any atom is 0.306 e. The minimum absolute atomic E-state index is 0.0147. The zero-order valence-electron chi connectivity index (χ0n) is 9.84. The smallest absolute Gasteiger partial charge is 0.306 e. The molecule has 0 spiro atoms. The molecule has 1 heterocycles. The van der Waals surface area contributed by atoms with Gasteiger partial charge in [-0.2, -0.15) is 0 Å². The van der Waals surface area contributed by atoms with E-state index in [9.17, 15) is 14.7 Å². The number of carboxylic acids is 1. The van der Waals surface area contributed by atoms with Gasteiger partial charge in [-0.3, -0.25) is 9.59 Å². The van der Waals surface area contributed by atoms with Crippen LogP contribution in [0.5, 0.6) is 0 Å². The van der Waals surface area contributed by atoms with Gasteiger partial charge in [-0.1, -0.05) is 0 Å². The van der Waals surface area contributed by atoms with Crippen molar-refractivity contribution in [2.24, 2.45) is 11.8 Å². The number of rotatable bonds is 3. The largest absolute Gasteiger partial charge is 0.481 e. The Morgan fingerprint density at radius 2 is 1.88 bits per heavy atom. The van der Waals surface area contributed by atoms with Crippen molar-refractivity contribution in [1.82, 2.24) is 4.90 Å². The molecule has 0 aromatic heterocycles. The molecule has 0 aromatic carbocycles. The first-order valence-electron chi connectivity index (χ1n) is 6.27. The fraction of sp³-hybridized carbons (Fsp3) is 0.833. The minimum atomic E-state index is -0.791. The van der Waals surface area contributed by atoms with E-state index in [1.807, 2.05) is 0 Å². The Morgan fingerprint density at radius 1 is 1.18 bits per heavy atom. The van der Waals surface area contributed by atoms with Crippen molar-refractivity contribution < 1.29 is 19.8 Å². The molecule has 5 nitrogen and oxygen atoms in total. The highest BCUT2D eigenvalue weighted by Gasteiger charge is 2.38. The maximum absolute atomic E-state index is 12.2. The van der Waals surface area contributed by atoms with Gasteiger partial charge in [0.2, 0.25) is 5.91 Å². The maximum atomic E-state index is 12.2. The number of aliphatic hydroxyl groups excluding tert-OH is 1. The van der Waals surface area contributed by atoms with E-state index in [4.69, 9.17) is 5.11 Å². The molecule has 17 heavy (non-hydrogen) atoms. The van der Waals surface area contributed by atoms with Crippen molar-refractivity contribution in [3.05, 3.63) is 0 Å². The quantitative estimate of drug-likeness (QED) is 0.753. The monoisotopic (exact) mass is 241 g/mol. The summed E-state index contributed by atoms with van der Waals surface area (Å²) in [6.07, 6.45) is 3.53. The molecule has 0 aromatic rings. The Hall–Kier alpha value is -1.10. The number of aliphatic hydroxyl groups is 1. The predicted molar refractivity (Wildman–Crippen MR) is 60.3 cm³/mol. The third-order valence-electron chi connectivity index (χ3n) is 4.00. The molecule has 0 radical (unpaired) electrons. The lowest BCUT2D eigenvalue weighted by Crippen LogP contribution is -2.40. The summed E-state index contributed by atoms with van der Waals surface area (Å²) in [7, 11) is 0. The van der Waals surface area contributed by atoms with Gasteiger partial charge >= 0.3 is 5.97 Å². The van der Waals surface area contributed by atoms with Gasteiger partial charge in [-0.05, 0) is 32.1 Å². The van der Waals surface area contributed by atoms with Crippen molar-refractivity contribution in [1.29, 1.82) is 0 Å². The molecule has 1 amide bonds. The molecule has 2 unspecified atom stereocenters. The van der Waals surface area contributed by atoms with Crippen molar-refractivity contribution >= 4 is 11.9 Å². The molecule has 1 aliphatic carbocycles. The zero-order valence-corrected chi connectivity index (χ0v) is 9.84. The SMILES string of the molecule is O=C(O)C1CCC(C(=O)N2CCC[C@@H]2CO)C1. The van der Waals surface area contributed by atoms with Gasteiger partial charge in [0.1, 0.15) is 0 Å². The third-order valence-corrected chi connectivity index (χ3v) is 4.00. The lowest BCUT2D eigenvalue weighted by molar-refractivity contribution is -0.141. The van der Waals surface area contributed by atoms with E-state index in [0.717, 1.165) is 12.8 Å². The van der Waals surface area contributed by atoms with E-state index < -0.39 is 5.97 Å². The summed E-state index contributed by atoms with van der Waals surface area (Å²) in [4.78, 5) is 24.8. The lowest BCUT2D eigenvalue weighted by Gasteiger charge is -2.26. The first kappa shape index (κ1) is 12.4. The summed E-state index contributed by atoms with van der Waals surface area (Å²) in [5.74, 6) is -1.26. The Labute approximate surface area is 100 Å². The van der Waals surface area contributed by atoms with E-state index in [1.54, 1.807) is 4.90 Å². The Balaban J connectivity index is 1.95. The number of aliphatic carboxylic acids is 1. The molecule has 2 fully saturated rings. The van der Waals surface area contributed by atoms with Crippen molar-refractivity contribution in [3.63, 3.8) is 0 Å². The van der Waals surface area contributed by atoms with Crippen LogP contribution in [0.25, 0.3) is 0 Å². The molecule has 1 aliphatic heterocycles. The first-order valence-corrected chi connectivity index (χ1v) is 6.27. The van der Waals surface area contributed by atoms with Crippen LogP contribution in [0.15, 0.2) is 0 Å². The molecule has 96 valence electrons. The van der Waals surface area contributed by atoms with Crippen molar-refractivity contribution in [3.8, 4) is 0 Å². The van der Waals surface area contributed by atoms with Crippen molar-refractivity contribution in [2.45, 2.75) is 38.1 Å². The molecule has 3 atom stereocenters. The first-order chi connectivity index (χ1) is 8.13. The molecule has 2 rings (SSSR count). The minimum Gasteiger partial charge on any atom is -0.481 e. The van der Waals surface area contributed by atoms with E-state index in [2.05, 4.69) is 0 Å². The van der Waals surface area contributed by atoms with Crippen LogP contribution in [0.2, 0.25) is 0 Å². The molecule has 2 N–H and O–H groups in total. The van der Waals surface area contributed by atoms with Gasteiger partial charge in [-0.15, -0.1) is 0 Å². The summed E-state index contributed by atoms with van der Waals surface area (Å²) >= 11 is 0. The highest BCUT2D eigenvalue weighted by atomic mass is 16.4. The number of hydrogen-bond acceptors (Lipinski definition) is 3. The van der Waals surface area contributed by atoms with Crippen LogP contribution in [-0.2, 0) is 9.59 Å². The van der Waals surface area contributed by atoms with Gasteiger partial charge in [0, 0.05) is 12.5 Å². The number of nitrogens with zero attached hydrogens (tertiary/aromatic N) is 1. The molecule has 0 bridgehead atoms. The van der Waals surface area contributed by atoms with Gasteiger partial charge in [-0.25, -0.2) is 0 Å². The Morgan fingerprint density at radius 3 is 2.47 bits per heavy atom. The van der Waals surface area contributed by atoms with E-state index in [0.29, 0.717) is 25.8 Å². The number of likely N-dealkylation sites (tertiary alicyclic amines) is 1. The molecule has 5 heteroatoms. The number of amides is 1. The number of carbonyl (C=O) groups excluding carboxylic acids is 1. The van der Waals surface area contributed by atoms with E-state index >= 15 is 0 Å². The zero-order chi connectivity index (χ0) is 12.4. The van der Waals surface area contributed by atoms with Crippen LogP contribution in [-0.4, -0.2) is 46.2 Å². The van der Waals surface area contributed by atoms with Crippen LogP contribution in [0.4, 0.5) is 0 Å². The Kier molecular flexibility index (Phi) is 3.66. The fourth-order valence-electron chi connectivity index (χ4n) is 2.98. The highest BCUT2D eigenvalue weighted by Crippen LogP contribution is 2.34.